The van der Waals surface area contributed by atoms with Crippen LogP contribution in [0.4, 0.5) is 4.39 Å². The fraction of sp³-hybridized carbons (Fsp3) is 0. The molecule has 2 rings (SSSR count). The van der Waals surface area contributed by atoms with E-state index in [-0.39, 0.29) is 10.3 Å². The second-order valence-corrected chi connectivity index (χ2v) is 5.32. The fourth-order valence-electron chi connectivity index (χ4n) is 1.36. The smallest absolute Gasteiger partial charge is 0.163 e. The zero-order chi connectivity index (χ0) is 12.6. The van der Waals surface area contributed by atoms with Crippen molar-refractivity contribution in [2.75, 3.05) is 0 Å². The largest absolute Gasteiger partial charge is 0.384 e. The van der Waals surface area contributed by atoms with Gasteiger partial charge in [0.05, 0.1) is 14.2 Å². The Bertz CT molecular complexity index is 596. The summed E-state index contributed by atoms with van der Waals surface area (Å²) < 4.78 is 16.6. The van der Waals surface area contributed by atoms with Gasteiger partial charge in [-0.2, -0.15) is 5.10 Å². The standard InChI is InChI=1S/C10H7BrFIN4/c11-8-6(10(14)15)1-2-7(9(8)12)17-4-5(13)3-16-17/h1-4H,(H3,14,15). The molecule has 3 N–H and O–H groups in total. The van der Waals surface area contributed by atoms with Crippen molar-refractivity contribution in [3.05, 3.63) is 43.9 Å². The summed E-state index contributed by atoms with van der Waals surface area (Å²) in [5.41, 5.74) is 5.98. The summed E-state index contributed by atoms with van der Waals surface area (Å²) in [5.74, 6) is -0.672. The molecule has 0 aliphatic rings. The van der Waals surface area contributed by atoms with E-state index in [1.807, 2.05) is 0 Å². The second kappa shape index (κ2) is 4.73. The predicted molar refractivity (Wildman–Crippen MR) is 75.0 cm³/mol. The number of nitrogen functional groups attached to an aromatic ring is 1. The molecule has 0 fully saturated rings. The van der Waals surface area contributed by atoms with Gasteiger partial charge in [0.25, 0.3) is 0 Å². The molecule has 0 aliphatic heterocycles. The Balaban J connectivity index is 2.58. The molecule has 7 heteroatoms. The molecule has 2 aromatic rings. The minimum atomic E-state index is -0.489. The molecule has 88 valence electrons. The van der Waals surface area contributed by atoms with E-state index in [9.17, 15) is 4.39 Å². The van der Waals surface area contributed by atoms with E-state index in [0.717, 1.165) is 3.57 Å². The first-order chi connectivity index (χ1) is 8.00. The van der Waals surface area contributed by atoms with Crippen molar-refractivity contribution >= 4 is 44.4 Å². The van der Waals surface area contributed by atoms with Gasteiger partial charge in [-0.25, -0.2) is 9.07 Å². The summed E-state index contributed by atoms with van der Waals surface area (Å²) in [6.07, 6.45) is 3.34. The minimum Gasteiger partial charge on any atom is -0.384 e. The van der Waals surface area contributed by atoms with Crippen LogP contribution in [0.3, 0.4) is 0 Å². The molecule has 0 saturated carbocycles. The van der Waals surface area contributed by atoms with Crippen LogP contribution in [-0.4, -0.2) is 15.6 Å². The van der Waals surface area contributed by atoms with Gasteiger partial charge in [-0.3, -0.25) is 5.41 Å². The molecular formula is C10H7BrFIN4. The third kappa shape index (κ3) is 2.34. The van der Waals surface area contributed by atoms with Gasteiger partial charge >= 0.3 is 0 Å². The van der Waals surface area contributed by atoms with E-state index in [1.165, 1.54) is 4.68 Å². The SMILES string of the molecule is N=C(N)c1ccc(-n2cc(I)cn2)c(F)c1Br. The molecule has 17 heavy (non-hydrogen) atoms. The molecule has 1 aromatic heterocycles. The Morgan fingerprint density at radius 1 is 1.53 bits per heavy atom. The zero-order valence-electron chi connectivity index (χ0n) is 8.42. The van der Waals surface area contributed by atoms with Crippen LogP contribution in [-0.2, 0) is 0 Å². The highest BCUT2D eigenvalue weighted by atomic mass is 127. The molecule has 0 amide bonds. The molecular weight excluding hydrogens is 402 g/mol. The number of aromatic nitrogens is 2. The minimum absolute atomic E-state index is 0.174. The number of nitrogens with two attached hydrogens (primary N) is 1. The maximum Gasteiger partial charge on any atom is 0.163 e. The summed E-state index contributed by atoms with van der Waals surface area (Å²) in [5, 5.41) is 11.3. The highest BCUT2D eigenvalue weighted by Gasteiger charge is 2.14. The van der Waals surface area contributed by atoms with E-state index in [4.69, 9.17) is 11.1 Å². The maximum atomic E-state index is 14.1. The van der Waals surface area contributed by atoms with Crippen molar-refractivity contribution in [2.24, 2.45) is 5.73 Å². The van der Waals surface area contributed by atoms with Crippen molar-refractivity contribution in [3.8, 4) is 5.69 Å². The zero-order valence-corrected chi connectivity index (χ0v) is 12.2. The number of amidine groups is 1. The molecule has 0 spiro atoms. The fourth-order valence-corrected chi connectivity index (χ4v) is 2.29. The lowest BCUT2D eigenvalue weighted by Crippen LogP contribution is -2.13. The average molecular weight is 409 g/mol. The topological polar surface area (TPSA) is 67.7 Å². The number of nitrogens with zero attached hydrogens (tertiary/aromatic N) is 2. The summed E-state index contributed by atoms with van der Waals surface area (Å²) in [6, 6.07) is 3.12. The van der Waals surface area contributed by atoms with Crippen molar-refractivity contribution in [3.63, 3.8) is 0 Å². The lowest BCUT2D eigenvalue weighted by atomic mass is 10.2. The van der Waals surface area contributed by atoms with Gasteiger partial charge in [0.1, 0.15) is 11.5 Å². The number of rotatable bonds is 2. The van der Waals surface area contributed by atoms with Gasteiger partial charge in [-0.15, -0.1) is 0 Å². The highest BCUT2D eigenvalue weighted by Crippen LogP contribution is 2.25. The van der Waals surface area contributed by atoms with Crippen LogP contribution in [0.1, 0.15) is 5.56 Å². The van der Waals surface area contributed by atoms with Gasteiger partial charge in [0, 0.05) is 11.8 Å². The van der Waals surface area contributed by atoms with Crippen LogP contribution in [0.15, 0.2) is 29.0 Å². The molecule has 0 bridgehead atoms. The van der Waals surface area contributed by atoms with Crippen molar-refractivity contribution in [1.29, 1.82) is 5.41 Å². The van der Waals surface area contributed by atoms with E-state index >= 15 is 0 Å². The molecule has 0 saturated heterocycles. The van der Waals surface area contributed by atoms with Gasteiger partial charge in [0.2, 0.25) is 0 Å². The Morgan fingerprint density at radius 2 is 2.24 bits per heavy atom. The molecule has 1 heterocycles. The molecule has 1 aromatic carbocycles. The van der Waals surface area contributed by atoms with Crippen molar-refractivity contribution < 1.29 is 4.39 Å². The Labute approximate surface area is 119 Å². The molecule has 0 radical (unpaired) electrons. The molecule has 4 nitrogen and oxygen atoms in total. The van der Waals surface area contributed by atoms with Gasteiger partial charge in [0.15, 0.2) is 5.82 Å². The third-order valence-electron chi connectivity index (χ3n) is 2.15. The van der Waals surface area contributed by atoms with Crippen LogP contribution in [0.5, 0.6) is 0 Å². The number of hydrogen-bond donors (Lipinski definition) is 2. The first kappa shape index (κ1) is 12.5. The first-order valence-corrected chi connectivity index (χ1v) is 6.41. The summed E-state index contributed by atoms with van der Waals surface area (Å²) in [7, 11) is 0. The normalized spacial score (nSPS) is 10.5. The highest BCUT2D eigenvalue weighted by molar-refractivity contribution is 14.1. The summed E-state index contributed by atoms with van der Waals surface area (Å²) >= 11 is 5.19. The van der Waals surface area contributed by atoms with Crippen LogP contribution >= 0.6 is 38.5 Å². The van der Waals surface area contributed by atoms with E-state index < -0.39 is 5.82 Å². The Kier molecular flexibility index (Phi) is 3.48. The Hall–Kier alpha value is -0.960. The lowest BCUT2D eigenvalue weighted by molar-refractivity contribution is 0.604. The first-order valence-electron chi connectivity index (χ1n) is 4.53. The van der Waals surface area contributed by atoms with Gasteiger partial charge in [-0.05, 0) is 50.7 Å². The second-order valence-electron chi connectivity index (χ2n) is 3.28. The maximum absolute atomic E-state index is 14.1. The number of benzene rings is 1. The predicted octanol–water partition coefficient (Wildman–Crippen LogP) is 2.66. The average Bonchev–Trinajstić information content (AvgIpc) is 2.68. The van der Waals surface area contributed by atoms with E-state index in [1.54, 1.807) is 24.5 Å². The van der Waals surface area contributed by atoms with Gasteiger partial charge in [-0.1, -0.05) is 0 Å². The Morgan fingerprint density at radius 3 is 2.76 bits per heavy atom. The van der Waals surface area contributed by atoms with E-state index in [0.29, 0.717) is 11.3 Å². The van der Waals surface area contributed by atoms with E-state index in [2.05, 4.69) is 43.6 Å². The van der Waals surface area contributed by atoms with Crippen molar-refractivity contribution in [1.82, 2.24) is 9.78 Å². The van der Waals surface area contributed by atoms with Crippen molar-refractivity contribution in [2.45, 2.75) is 0 Å². The summed E-state index contributed by atoms with van der Waals surface area (Å²) in [4.78, 5) is 0. The van der Waals surface area contributed by atoms with Crippen LogP contribution in [0.25, 0.3) is 5.69 Å². The third-order valence-corrected chi connectivity index (χ3v) is 3.48. The van der Waals surface area contributed by atoms with Crippen LogP contribution in [0, 0.1) is 14.8 Å². The van der Waals surface area contributed by atoms with Crippen LogP contribution < -0.4 is 5.73 Å². The number of halogens is 3. The monoisotopic (exact) mass is 408 g/mol. The van der Waals surface area contributed by atoms with Gasteiger partial charge < -0.3 is 5.73 Å². The number of hydrogen-bond acceptors (Lipinski definition) is 2. The summed E-state index contributed by atoms with van der Waals surface area (Å²) in [6.45, 7) is 0. The number of nitrogens with one attached hydrogen (secondary N) is 1. The molecule has 0 atom stereocenters. The lowest BCUT2D eigenvalue weighted by Gasteiger charge is -2.08. The molecule has 0 unspecified atom stereocenters. The quantitative estimate of drug-likeness (QED) is 0.455. The van der Waals surface area contributed by atoms with Crippen LogP contribution in [0.2, 0.25) is 0 Å². The molecule has 0 aliphatic carbocycles.